The highest BCUT2D eigenvalue weighted by Gasteiger charge is 2.24. The third kappa shape index (κ3) is 4.30. The fraction of sp³-hybridized carbons (Fsp3) is 0.0222. The molecule has 6 heteroatoms. The van der Waals surface area contributed by atoms with Crippen molar-refractivity contribution in [2.24, 2.45) is 9.98 Å². The van der Waals surface area contributed by atoms with Crippen LogP contribution < -0.4 is 5.32 Å². The number of aromatic nitrogens is 1. The van der Waals surface area contributed by atoms with Crippen LogP contribution in [0.5, 0.6) is 0 Å². The van der Waals surface area contributed by atoms with Crippen molar-refractivity contribution < 1.29 is 8.83 Å². The van der Waals surface area contributed by atoms with Gasteiger partial charge in [-0.25, -0.2) is 9.98 Å². The number of nitrogens with one attached hydrogen (secondary N) is 1. The first kappa shape index (κ1) is 28.0. The molecule has 1 aliphatic rings. The van der Waals surface area contributed by atoms with Crippen LogP contribution in [0.15, 0.2) is 177 Å². The van der Waals surface area contributed by atoms with Gasteiger partial charge in [0.15, 0.2) is 11.7 Å². The SMILES string of the molecule is c1ccc(C2=NC(c3ccc4oc5c(ccc6c7ccccc7n(-c7ccccc7)c65)c4c3)N=C(c3ccc4c(c3)oc3ccccc34)N2)cc1. The summed E-state index contributed by atoms with van der Waals surface area (Å²) in [6.45, 7) is 0. The fourth-order valence-corrected chi connectivity index (χ4v) is 7.67. The molecule has 1 N–H and O–H groups in total. The van der Waals surface area contributed by atoms with Gasteiger partial charge in [0.05, 0.1) is 11.0 Å². The first-order valence-corrected chi connectivity index (χ1v) is 17.1. The lowest BCUT2D eigenvalue weighted by molar-refractivity contribution is 0.668. The van der Waals surface area contributed by atoms with Crippen molar-refractivity contribution in [3.63, 3.8) is 0 Å². The van der Waals surface area contributed by atoms with Gasteiger partial charge in [0.1, 0.15) is 28.4 Å². The molecule has 3 aromatic heterocycles. The highest BCUT2D eigenvalue weighted by atomic mass is 16.3. The minimum Gasteiger partial charge on any atom is -0.456 e. The predicted octanol–water partition coefficient (Wildman–Crippen LogP) is 11.1. The molecule has 0 amide bonds. The van der Waals surface area contributed by atoms with Gasteiger partial charge in [-0.05, 0) is 60.2 Å². The summed E-state index contributed by atoms with van der Waals surface area (Å²) in [4.78, 5) is 10.4. The summed E-state index contributed by atoms with van der Waals surface area (Å²) in [7, 11) is 0. The monoisotopic (exact) mass is 656 g/mol. The maximum Gasteiger partial charge on any atom is 0.169 e. The third-order valence-electron chi connectivity index (χ3n) is 10.0. The average Bonchev–Trinajstić information content (AvgIpc) is 3.87. The number of furan rings is 2. The van der Waals surface area contributed by atoms with Gasteiger partial charge in [-0.3, -0.25) is 0 Å². The largest absolute Gasteiger partial charge is 0.456 e. The van der Waals surface area contributed by atoms with Crippen LogP contribution in [-0.4, -0.2) is 16.2 Å². The lowest BCUT2D eigenvalue weighted by atomic mass is 10.0. The van der Waals surface area contributed by atoms with Crippen LogP contribution in [0, 0.1) is 0 Å². The summed E-state index contributed by atoms with van der Waals surface area (Å²) in [5.41, 5.74) is 9.58. The van der Waals surface area contributed by atoms with Gasteiger partial charge >= 0.3 is 0 Å². The number of hydrogen-bond acceptors (Lipinski definition) is 5. The topological polar surface area (TPSA) is 68.0 Å². The van der Waals surface area contributed by atoms with Gasteiger partial charge in [-0.1, -0.05) is 103 Å². The first-order valence-electron chi connectivity index (χ1n) is 17.1. The minimum absolute atomic E-state index is 0.475. The predicted molar refractivity (Wildman–Crippen MR) is 207 cm³/mol. The van der Waals surface area contributed by atoms with Crippen LogP contribution in [0.4, 0.5) is 0 Å². The van der Waals surface area contributed by atoms with E-state index in [0.29, 0.717) is 0 Å². The van der Waals surface area contributed by atoms with E-state index in [4.69, 9.17) is 18.8 Å². The first-order chi connectivity index (χ1) is 25.3. The van der Waals surface area contributed by atoms with E-state index in [1.807, 2.05) is 42.5 Å². The van der Waals surface area contributed by atoms with Gasteiger partial charge in [0.25, 0.3) is 0 Å². The minimum atomic E-state index is -0.475. The number of aliphatic imine (C=N–C) groups is 2. The molecule has 0 radical (unpaired) electrons. The number of hydrogen-bond donors (Lipinski definition) is 1. The molecule has 6 nitrogen and oxygen atoms in total. The van der Waals surface area contributed by atoms with Crippen LogP contribution in [0.3, 0.4) is 0 Å². The van der Waals surface area contributed by atoms with E-state index in [1.54, 1.807) is 0 Å². The molecule has 0 saturated carbocycles. The highest BCUT2D eigenvalue weighted by Crippen LogP contribution is 2.41. The quantitative estimate of drug-likeness (QED) is 0.205. The number of benzene rings is 7. The Kier molecular flexibility index (Phi) is 5.92. The number of rotatable bonds is 4. The molecule has 1 atom stereocenters. The van der Waals surface area contributed by atoms with Gasteiger partial charge in [0, 0.05) is 49.1 Å². The summed E-state index contributed by atoms with van der Waals surface area (Å²) in [5, 5.41) is 10.2. The van der Waals surface area contributed by atoms with Crippen LogP contribution in [0.1, 0.15) is 22.9 Å². The molecular weight excluding hydrogens is 629 g/mol. The molecule has 0 saturated heterocycles. The molecule has 51 heavy (non-hydrogen) atoms. The zero-order valence-electron chi connectivity index (χ0n) is 27.2. The molecule has 11 rings (SSSR count). The van der Waals surface area contributed by atoms with Crippen molar-refractivity contribution in [2.75, 3.05) is 0 Å². The standard InChI is InChI=1S/C45H28N4O2/c1-3-11-27(12-4-1)43-46-44(48-45(47-43)29-19-21-33-32-16-8-10-18-38(32)50-40(33)26-29)28-20-24-39-36(25-28)35-23-22-34-31-15-7-9-17-37(31)49(41(34)42(35)51-39)30-13-5-2-6-14-30/h1-26,44H,(H,46,47,48). The highest BCUT2D eigenvalue weighted by molar-refractivity contribution is 6.22. The van der Waals surface area contributed by atoms with Crippen molar-refractivity contribution in [1.29, 1.82) is 0 Å². The maximum absolute atomic E-state index is 6.73. The van der Waals surface area contributed by atoms with Crippen LogP contribution in [-0.2, 0) is 0 Å². The van der Waals surface area contributed by atoms with E-state index in [0.717, 1.165) is 94.3 Å². The Hall–Kier alpha value is -6.92. The zero-order valence-corrected chi connectivity index (χ0v) is 27.2. The second-order valence-corrected chi connectivity index (χ2v) is 13.0. The second-order valence-electron chi connectivity index (χ2n) is 13.0. The van der Waals surface area contributed by atoms with E-state index in [2.05, 4.69) is 125 Å². The Labute approximate surface area is 291 Å². The summed E-state index contributed by atoms with van der Waals surface area (Å²) in [6, 6.07) is 54.4. The lowest BCUT2D eigenvalue weighted by Gasteiger charge is -2.22. The zero-order chi connectivity index (χ0) is 33.5. The van der Waals surface area contributed by atoms with E-state index < -0.39 is 6.17 Å². The van der Waals surface area contributed by atoms with E-state index in [1.165, 1.54) is 5.39 Å². The van der Waals surface area contributed by atoms with Crippen molar-refractivity contribution in [3.05, 3.63) is 174 Å². The average molecular weight is 657 g/mol. The molecular formula is C45H28N4O2. The Morgan fingerprint density at radius 1 is 0.471 bits per heavy atom. The molecule has 1 unspecified atom stereocenters. The van der Waals surface area contributed by atoms with E-state index >= 15 is 0 Å². The summed E-state index contributed by atoms with van der Waals surface area (Å²) >= 11 is 0. The fourth-order valence-electron chi connectivity index (χ4n) is 7.67. The molecule has 0 fully saturated rings. The van der Waals surface area contributed by atoms with Crippen molar-refractivity contribution >= 4 is 77.4 Å². The Morgan fingerprint density at radius 2 is 1.14 bits per heavy atom. The second kappa shape index (κ2) is 10.8. The van der Waals surface area contributed by atoms with Gasteiger partial charge in [-0.15, -0.1) is 0 Å². The smallest absolute Gasteiger partial charge is 0.169 e. The number of nitrogens with zero attached hydrogens (tertiary/aromatic N) is 3. The number of amidine groups is 2. The summed E-state index contributed by atoms with van der Waals surface area (Å²) in [5.74, 6) is 1.50. The molecule has 0 bridgehead atoms. The number of para-hydroxylation sites is 3. The third-order valence-corrected chi connectivity index (χ3v) is 10.0. The lowest BCUT2D eigenvalue weighted by Crippen LogP contribution is -2.36. The van der Waals surface area contributed by atoms with Gasteiger partial charge in [0.2, 0.25) is 0 Å². The number of fused-ring (bicyclic) bond motifs is 10. The molecule has 240 valence electrons. The normalized spacial score (nSPS) is 14.9. The maximum atomic E-state index is 6.73. The van der Waals surface area contributed by atoms with Crippen molar-refractivity contribution in [3.8, 4) is 5.69 Å². The Morgan fingerprint density at radius 3 is 2.00 bits per heavy atom. The Balaban J connectivity index is 1.09. The van der Waals surface area contributed by atoms with Gasteiger partial charge < -0.3 is 18.7 Å². The van der Waals surface area contributed by atoms with Gasteiger partial charge in [-0.2, -0.15) is 0 Å². The summed E-state index contributed by atoms with van der Waals surface area (Å²) in [6.07, 6.45) is -0.475. The summed E-state index contributed by atoms with van der Waals surface area (Å²) < 4.78 is 15.3. The van der Waals surface area contributed by atoms with E-state index in [-0.39, 0.29) is 0 Å². The van der Waals surface area contributed by atoms with Crippen molar-refractivity contribution in [2.45, 2.75) is 6.17 Å². The van der Waals surface area contributed by atoms with E-state index in [9.17, 15) is 0 Å². The molecule has 4 heterocycles. The molecule has 0 aliphatic carbocycles. The van der Waals surface area contributed by atoms with Crippen LogP contribution in [0.2, 0.25) is 0 Å². The van der Waals surface area contributed by atoms with Crippen LogP contribution in [0.25, 0.3) is 71.4 Å². The molecule has 10 aromatic rings. The van der Waals surface area contributed by atoms with Crippen LogP contribution >= 0.6 is 0 Å². The Bertz CT molecular complexity index is 3060. The molecule has 1 aliphatic heterocycles. The van der Waals surface area contributed by atoms with Crippen molar-refractivity contribution in [1.82, 2.24) is 9.88 Å². The molecule has 0 spiro atoms. The molecule has 7 aromatic carbocycles.